The Morgan fingerprint density at radius 3 is 2.23 bits per heavy atom. The van der Waals surface area contributed by atoms with E-state index in [1.807, 2.05) is 6.92 Å². The Morgan fingerprint density at radius 2 is 1.85 bits per heavy atom. The standard InChI is InChI=1S/C8H18O4Si/c1-5-7-11-13(9-3,10-4)12-8-6-2/h5H,1,6-8H2,2-4H3. The highest BCUT2D eigenvalue weighted by Gasteiger charge is 2.42. The van der Waals surface area contributed by atoms with E-state index in [0.717, 1.165) is 6.42 Å². The highest BCUT2D eigenvalue weighted by atomic mass is 28.4. The lowest BCUT2D eigenvalue weighted by Crippen LogP contribution is -2.47. The van der Waals surface area contributed by atoms with Crippen molar-refractivity contribution in [2.45, 2.75) is 13.3 Å². The average molecular weight is 206 g/mol. The van der Waals surface area contributed by atoms with Crippen LogP contribution in [0.15, 0.2) is 12.7 Å². The van der Waals surface area contributed by atoms with Crippen LogP contribution in [-0.4, -0.2) is 36.5 Å². The van der Waals surface area contributed by atoms with E-state index in [0.29, 0.717) is 13.2 Å². The van der Waals surface area contributed by atoms with Gasteiger partial charge in [-0.2, -0.15) is 0 Å². The maximum absolute atomic E-state index is 5.40. The van der Waals surface area contributed by atoms with Crippen molar-refractivity contribution in [2.75, 3.05) is 27.4 Å². The first-order chi connectivity index (χ1) is 6.24. The van der Waals surface area contributed by atoms with Crippen molar-refractivity contribution >= 4 is 9.05 Å². The van der Waals surface area contributed by atoms with Gasteiger partial charge >= 0.3 is 9.05 Å². The second kappa shape index (κ2) is 7.22. The lowest BCUT2D eigenvalue weighted by Gasteiger charge is -2.23. The van der Waals surface area contributed by atoms with Crippen LogP contribution in [0.3, 0.4) is 0 Å². The summed E-state index contributed by atoms with van der Waals surface area (Å²) in [5.74, 6) is 0. The van der Waals surface area contributed by atoms with Gasteiger partial charge in [-0.3, -0.25) is 0 Å². The fourth-order valence-electron chi connectivity index (χ4n) is 0.749. The molecule has 0 unspecified atom stereocenters. The molecule has 0 spiro atoms. The van der Waals surface area contributed by atoms with Crippen molar-refractivity contribution in [3.05, 3.63) is 12.7 Å². The van der Waals surface area contributed by atoms with Gasteiger partial charge in [0.05, 0.1) is 6.61 Å². The van der Waals surface area contributed by atoms with Gasteiger partial charge in [-0.05, 0) is 6.42 Å². The molecule has 0 N–H and O–H groups in total. The number of hydrogen-bond donors (Lipinski definition) is 0. The van der Waals surface area contributed by atoms with Crippen LogP contribution in [0.5, 0.6) is 0 Å². The van der Waals surface area contributed by atoms with E-state index in [9.17, 15) is 0 Å². The molecule has 0 aromatic rings. The Balaban J connectivity index is 4.04. The molecule has 0 aromatic carbocycles. The van der Waals surface area contributed by atoms with E-state index in [4.69, 9.17) is 17.7 Å². The van der Waals surface area contributed by atoms with E-state index in [-0.39, 0.29) is 0 Å². The van der Waals surface area contributed by atoms with E-state index >= 15 is 0 Å². The van der Waals surface area contributed by atoms with Crippen molar-refractivity contribution < 1.29 is 17.7 Å². The van der Waals surface area contributed by atoms with Crippen molar-refractivity contribution in [3.63, 3.8) is 0 Å². The van der Waals surface area contributed by atoms with Crippen molar-refractivity contribution in [3.8, 4) is 0 Å². The largest absolute Gasteiger partial charge is 0.679 e. The zero-order valence-electron chi connectivity index (χ0n) is 8.54. The molecule has 5 heteroatoms. The van der Waals surface area contributed by atoms with Crippen LogP contribution in [0.4, 0.5) is 0 Å². The van der Waals surface area contributed by atoms with Gasteiger partial charge in [-0.1, -0.05) is 13.0 Å². The smallest absolute Gasteiger partial charge is 0.355 e. The van der Waals surface area contributed by atoms with Crippen molar-refractivity contribution in [1.82, 2.24) is 0 Å². The zero-order valence-corrected chi connectivity index (χ0v) is 9.54. The number of rotatable bonds is 8. The van der Waals surface area contributed by atoms with Gasteiger partial charge < -0.3 is 17.7 Å². The van der Waals surface area contributed by atoms with Crippen LogP contribution in [0.2, 0.25) is 0 Å². The van der Waals surface area contributed by atoms with Crippen LogP contribution in [0.1, 0.15) is 13.3 Å². The third-order valence-corrected chi connectivity index (χ3v) is 3.44. The Morgan fingerprint density at radius 1 is 1.23 bits per heavy atom. The fraction of sp³-hybridized carbons (Fsp3) is 0.750. The molecule has 0 fully saturated rings. The molecule has 4 nitrogen and oxygen atoms in total. The summed E-state index contributed by atoms with van der Waals surface area (Å²) in [4.78, 5) is 0. The first kappa shape index (κ1) is 12.8. The molecular formula is C8H18O4Si. The zero-order chi connectivity index (χ0) is 10.2. The van der Waals surface area contributed by atoms with Gasteiger partial charge in [0.25, 0.3) is 0 Å². The molecule has 78 valence electrons. The lowest BCUT2D eigenvalue weighted by atomic mass is 10.5. The molecule has 0 amide bonds. The van der Waals surface area contributed by atoms with E-state index < -0.39 is 9.05 Å². The molecule has 0 rings (SSSR count). The second-order valence-electron chi connectivity index (χ2n) is 2.36. The lowest BCUT2D eigenvalue weighted by molar-refractivity contribution is -0.00223. The van der Waals surface area contributed by atoms with E-state index in [1.54, 1.807) is 6.08 Å². The average Bonchev–Trinajstić information content (AvgIpc) is 2.20. The van der Waals surface area contributed by atoms with Gasteiger partial charge in [-0.15, -0.1) is 6.58 Å². The summed E-state index contributed by atoms with van der Waals surface area (Å²) in [5.41, 5.74) is 0. The molecule has 0 heterocycles. The van der Waals surface area contributed by atoms with Gasteiger partial charge in [-0.25, -0.2) is 0 Å². The Kier molecular flexibility index (Phi) is 7.11. The molecule has 0 saturated heterocycles. The van der Waals surface area contributed by atoms with Crippen LogP contribution < -0.4 is 0 Å². The molecule has 0 aliphatic rings. The van der Waals surface area contributed by atoms with Crippen LogP contribution in [0.25, 0.3) is 0 Å². The summed E-state index contributed by atoms with van der Waals surface area (Å²) < 4.78 is 21.0. The predicted octanol–water partition coefficient (Wildman–Crippen LogP) is 1.34. The molecular weight excluding hydrogens is 188 g/mol. The SMILES string of the molecule is C=CCO[Si](OC)(OC)OCCC. The van der Waals surface area contributed by atoms with E-state index in [1.165, 1.54) is 14.2 Å². The normalized spacial score (nSPS) is 11.6. The Labute approximate surface area is 80.9 Å². The van der Waals surface area contributed by atoms with Gasteiger partial charge in [0.2, 0.25) is 0 Å². The predicted molar refractivity (Wildman–Crippen MR) is 52.2 cm³/mol. The molecule has 13 heavy (non-hydrogen) atoms. The highest BCUT2D eigenvalue weighted by Crippen LogP contribution is 2.09. The van der Waals surface area contributed by atoms with Crippen molar-refractivity contribution in [1.29, 1.82) is 0 Å². The quantitative estimate of drug-likeness (QED) is 0.444. The summed E-state index contributed by atoms with van der Waals surface area (Å²) in [5, 5.41) is 0. The maximum Gasteiger partial charge on any atom is 0.679 e. The van der Waals surface area contributed by atoms with Gasteiger partial charge in [0.1, 0.15) is 0 Å². The highest BCUT2D eigenvalue weighted by molar-refractivity contribution is 6.53. The molecule has 0 bridgehead atoms. The fourth-order valence-corrected chi connectivity index (χ4v) is 2.25. The van der Waals surface area contributed by atoms with Gasteiger partial charge in [0.15, 0.2) is 0 Å². The second-order valence-corrected chi connectivity index (χ2v) is 4.75. The number of hydrogen-bond acceptors (Lipinski definition) is 4. The summed E-state index contributed by atoms with van der Waals surface area (Å²) in [6.07, 6.45) is 2.54. The Bertz CT molecular complexity index is 136. The minimum Gasteiger partial charge on any atom is -0.355 e. The summed E-state index contributed by atoms with van der Waals surface area (Å²) in [6.45, 7) is 6.50. The summed E-state index contributed by atoms with van der Waals surface area (Å²) >= 11 is 0. The first-order valence-corrected chi connectivity index (χ1v) is 5.87. The molecule has 0 aliphatic heterocycles. The monoisotopic (exact) mass is 206 g/mol. The third-order valence-electron chi connectivity index (χ3n) is 1.36. The molecule has 0 saturated carbocycles. The van der Waals surface area contributed by atoms with Crippen molar-refractivity contribution in [2.24, 2.45) is 0 Å². The van der Waals surface area contributed by atoms with Crippen LogP contribution >= 0.6 is 0 Å². The van der Waals surface area contributed by atoms with Crippen LogP contribution in [0, 0.1) is 0 Å². The summed E-state index contributed by atoms with van der Waals surface area (Å²) in [7, 11) is 0.188. The third kappa shape index (κ3) is 4.54. The molecule has 0 atom stereocenters. The van der Waals surface area contributed by atoms with Gasteiger partial charge in [0, 0.05) is 20.8 Å². The molecule has 0 aromatic heterocycles. The van der Waals surface area contributed by atoms with Crippen LogP contribution in [-0.2, 0) is 17.7 Å². The minimum absolute atomic E-state index is 0.373. The molecule has 0 aliphatic carbocycles. The minimum atomic E-state index is -2.86. The Hall–Kier alpha value is -0.203. The molecule has 0 radical (unpaired) electrons. The first-order valence-electron chi connectivity index (χ1n) is 4.23. The maximum atomic E-state index is 5.40. The topological polar surface area (TPSA) is 36.9 Å². The summed E-state index contributed by atoms with van der Waals surface area (Å²) in [6, 6.07) is 0. The van der Waals surface area contributed by atoms with E-state index in [2.05, 4.69) is 6.58 Å².